The highest BCUT2D eigenvalue weighted by Gasteiger charge is 2.28. The molecule has 35 heavy (non-hydrogen) atoms. The molecule has 1 aliphatic carbocycles. The number of carbonyl (C=O) groups is 1. The zero-order chi connectivity index (χ0) is 25.2. The van der Waals surface area contributed by atoms with Crippen molar-refractivity contribution in [2.45, 2.75) is 31.1 Å². The van der Waals surface area contributed by atoms with E-state index in [2.05, 4.69) is 32.5 Å². The second-order valence-corrected chi connectivity index (χ2v) is 11.6. The predicted octanol–water partition coefficient (Wildman–Crippen LogP) is 4.71. The first kappa shape index (κ1) is 25.3. The maximum atomic E-state index is 12.6. The van der Waals surface area contributed by atoms with Crippen LogP contribution >= 0.6 is 35.2 Å². The summed E-state index contributed by atoms with van der Waals surface area (Å²) in [5, 5.41) is 14.5. The standard InChI is InChI=1S/C22H22ClN5O4S3/c1-12-3-8-15-16(11-12)34-20(19(15)21(29)32-2)25-22(33)24-13-4-6-14(7-5-13)35(30,31)28-18-10-9-17(23)26-27-18/h4-7,9-10,12H,3,8,11H2,1-2H3,(H,27,28)(H2,24,25,33). The Bertz CT molecular complexity index is 1360. The van der Waals surface area contributed by atoms with E-state index in [0.717, 1.165) is 24.8 Å². The molecular formula is C22H22ClN5O4S3. The van der Waals surface area contributed by atoms with Crippen LogP contribution in [0.4, 0.5) is 16.5 Å². The van der Waals surface area contributed by atoms with E-state index in [-0.39, 0.29) is 21.0 Å². The lowest BCUT2D eigenvalue weighted by Crippen LogP contribution is -2.20. The van der Waals surface area contributed by atoms with Crippen LogP contribution in [0.1, 0.15) is 34.1 Å². The van der Waals surface area contributed by atoms with Crippen LogP contribution in [0.5, 0.6) is 0 Å². The van der Waals surface area contributed by atoms with Crippen molar-refractivity contribution in [3.05, 3.63) is 57.6 Å². The highest BCUT2D eigenvalue weighted by atomic mass is 35.5. The molecule has 3 N–H and O–H groups in total. The molecule has 9 nitrogen and oxygen atoms in total. The SMILES string of the molecule is COC(=O)c1c(NC(=S)Nc2ccc(S(=O)(=O)Nc3ccc(Cl)nn3)cc2)sc2c1CCC(C)C2. The summed E-state index contributed by atoms with van der Waals surface area (Å²) in [7, 11) is -2.50. The molecule has 13 heteroatoms. The second-order valence-electron chi connectivity index (χ2n) is 8.00. The third-order valence-electron chi connectivity index (χ3n) is 5.42. The van der Waals surface area contributed by atoms with Gasteiger partial charge in [0.1, 0.15) is 5.00 Å². The number of esters is 1. The van der Waals surface area contributed by atoms with Gasteiger partial charge in [-0.05, 0) is 79.4 Å². The molecule has 1 aliphatic rings. The van der Waals surface area contributed by atoms with Gasteiger partial charge in [0.05, 0.1) is 17.6 Å². The Labute approximate surface area is 217 Å². The van der Waals surface area contributed by atoms with Gasteiger partial charge in [0.2, 0.25) is 0 Å². The number of nitrogens with one attached hydrogen (secondary N) is 3. The highest BCUT2D eigenvalue weighted by Crippen LogP contribution is 2.40. The van der Waals surface area contributed by atoms with Gasteiger partial charge in [-0.25, -0.2) is 13.2 Å². The molecule has 0 bridgehead atoms. The summed E-state index contributed by atoms with van der Waals surface area (Å²) in [4.78, 5) is 13.7. The minimum absolute atomic E-state index is 0.0340. The predicted molar refractivity (Wildman–Crippen MR) is 141 cm³/mol. The van der Waals surface area contributed by atoms with Crippen LogP contribution in [-0.4, -0.2) is 36.8 Å². The molecule has 0 fully saturated rings. The van der Waals surface area contributed by atoms with E-state index in [1.807, 2.05) is 0 Å². The number of thiocarbonyl (C=S) groups is 1. The number of benzene rings is 1. The van der Waals surface area contributed by atoms with Gasteiger partial charge in [0.25, 0.3) is 10.0 Å². The fourth-order valence-electron chi connectivity index (χ4n) is 3.71. The lowest BCUT2D eigenvalue weighted by molar-refractivity contribution is 0.0601. The number of hydrogen-bond acceptors (Lipinski definition) is 8. The van der Waals surface area contributed by atoms with Crippen molar-refractivity contribution in [3.8, 4) is 0 Å². The Morgan fingerprint density at radius 1 is 1.17 bits per heavy atom. The van der Waals surface area contributed by atoms with E-state index < -0.39 is 16.0 Å². The van der Waals surface area contributed by atoms with Gasteiger partial charge in [-0.3, -0.25) is 4.72 Å². The molecule has 2 heterocycles. The van der Waals surface area contributed by atoms with E-state index in [0.29, 0.717) is 22.2 Å². The van der Waals surface area contributed by atoms with Crippen molar-refractivity contribution in [2.24, 2.45) is 5.92 Å². The van der Waals surface area contributed by atoms with Crippen LogP contribution in [0.2, 0.25) is 5.15 Å². The van der Waals surface area contributed by atoms with Crippen molar-refractivity contribution < 1.29 is 17.9 Å². The maximum Gasteiger partial charge on any atom is 0.341 e. The molecule has 0 spiro atoms. The molecule has 1 atom stereocenters. The average molecular weight is 552 g/mol. The van der Waals surface area contributed by atoms with E-state index in [9.17, 15) is 13.2 Å². The normalized spacial score (nSPS) is 15.1. The lowest BCUT2D eigenvalue weighted by atomic mass is 9.88. The topological polar surface area (TPSA) is 122 Å². The molecule has 0 aliphatic heterocycles. The Kier molecular flexibility index (Phi) is 7.55. The minimum atomic E-state index is -3.87. The Balaban J connectivity index is 1.45. The smallest absolute Gasteiger partial charge is 0.341 e. The molecule has 1 aromatic carbocycles. The monoisotopic (exact) mass is 551 g/mol. The molecule has 3 aromatic rings. The summed E-state index contributed by atoms with van der Waals surface area (Å²) < 4.78 is 32.5. The summed E-state index contributed by atoms with van der Waals surface area (Å²) in [6, 6.07) is 8.88. The van der Waals surface area contributed by atoms with Crippen molar-refractivity contribution >= 4 is 72.8 Å². The molecule has 0 radical (unpaired) electrons. The van der Waals surface area contributed by atoms with Crippen LogP contribution in [0, 0.1) is 5.92 Å². The number of carbonyl (C=O) groups excluding carboxylic acids is 1. The van der Waals surface area contributed by atoms with Crippen LogP contribution in [-0.2, 0) is 27.6 Å². The molecule has 2 aromatic heterocycles. The average Bonchev–Trinajstić information content (AvgIpc) is 3.16. The Morgan fingerprint density at radius 2 is 1.91 bits per heavy atom. The lowest BCUT2D eigenvalue weighted by Gasteiger charge is -2.18. The number of ether oxygens (including phenoxy) is 1. The highest BCUT2D eigenvalue weighted by molar-refractivity contribution is 7.92. The van der Waals surface area contributed by atoms with Crippen LogP contribution in [0.25, 0.3) is 0 Å². The van der Waals surface area contributed by atoms with Crippen molar-refractivity contribution in [1.29, 1.82) is 0 Å². The third kappa shape index (κ3) is 5.89. The Morgan fingerprint density at radius 3 is 2.57 bits per heavy atom. The molecule has 0 amide bonds. The zero-order valence-electron chi connectivity index (χ0n) is 18.8. The number of halogens is 1. The quantitative estimate of drug-likeness (QED) is 0.295. The minimum Gasteiger partial charge on any atom is -0.465 e. The summed E-state index contributed by atoms with van der Waals surface area (Å²) in [5.74, 6) is 0.215. The van der Waals surface area contributed by atoms with E-state index >= 15 is 0 Å². The summed E-state index contributed by atoms with van der Waals surface area (Å²) in [6.45, 7) is 2.20. The maximum absolute atomic E-state index is 12.6. The Hall–Kier alpha value is -2.80. The first-order valence-electron chi connectivity index (χ1n) is 10.6. The first-order valence-corrected chi connectivity index (χ1v) is 13.7. The number of rotatable bonds is 6. The third-order valence-corrected chi connectivity index (χ3v) is 8.37. The van der Waals surface area contributed by atoms with Gasteiger partial charge >= 0.3 is 5.97 Å². The van der Waals surface area contributed by atoms with Crippen LogP contribution in [0.15, 0.2) is 41.3 Å². The van der Waals surface area contributed by atoms with Gasteiger partial charge in [-0.2, -0.15) is 0 Å². The summed E-state index contributed by atoms with van der Waals surface area (Å²) in [6.07, 6.45) is 2.76. The van der Waals surface area contributed by atoms with E-state index in [1.54, 1.807) is 12.1 Å². The van der Waals surface area contributed by atoms with E-state index in [4.69, 9.17) is 28.6 Å². The second kappa shape index (κ2) is 10.4. The number of anilines is 3. The van der Waals surface area contributed by atoms with Crippen LogP contribution in [0.3, 0.4) is 0 Å². The number of nitrogens with zero attached hydrogens (tertiary/aromatic N) is 2. The number of aromatic nitrogens is 2. The fraction of sp³-hybridized carbons (Fsp3) is 0.273. The van der Waals surface area contributed by atoms with Gasteiger partial charge < -0.3 is 15.4 Å². The number of hydrogen-bond donors (Lipinski definition) is 3. The summed E-state index contributed by atoms with van der Waals surface area (Å²) >= 11 is 12.6. The number of sulfonamides is 1. The fourth-order valence-corrected chi connectivity index (χ4v) is 6.49. The zero-order valence-corrected chi connectivity index (χ0v) is 22.0. The van der Waals surface area contributed by atoms with Gasteiger partial charge in [-0.15, -0.1) is 21.5 Å². The number of methoxy groups -OCH3 is 1. The summed E-state index contributed by atoms with van der Waals surface area (Å²) in [5.41, 5.74) is 2.13. The largest absolute Gasteiger partial charge is 0.465 e. The number of fused-ring (bicyclic) bond motifs is 1. The first-order chi connectivity index (χ1) is 16.7. The molecule has 184 valence electrons. The van der Waals surface area contributed by atoms with Crippen molar-refractivity contribution in [1.82, 2.24) is 10.2 Å². The molecular weight excluding hydrogens is 530 g/mol. The van der Waals surface area contributed by atoms with Gasteiger partial charge in [-0.1, -0.05) is 18.5 Å². The molecule has 4 rings (SSSR count). The van der Waals surface area contributed by atoms with Gasteiger partial charge in [0.15, 0.2) is 16.1 Å². The van der Waals surface area contributed by atoms with Crippen LogP contribution < -0.4 is 15.4 Å². The van der Waals surface area contributed by atoms with Crippen molar-refractivity contribution in [2.75, 3.05) is 22.5 Å². The van der Waals surface area contributed by atoms with E-state index in [1.165, 1.54) is 47.6 Å². The molecule has 0 saturated heterocycles. The number of thiophene rings is 1. The van der Waals surface area contributed by atoms with Crippen molar-refractivity contribution in [3.63, 3.8) is 0 Å². The molecule has 0 saturated carbocycles. The van der Waals surface area contributed by atoms with Gasteiger partial charge in [0, 0.05) is 10.6 Å². The molecule has 1 unspecified atom stereocenters.